The van der Waals surface area contributed by atoms with Crippen molar-refractivity contribution in [3.8, 4) is 0 Å². The highest BCUT2D eigenvalue weighted by molar-refractivity contribution is 7.80. The van der Waals surface area contributed by atoms with Gasteiger partial charge in [-0.2, -0.15) is 0 Å². The van der Waals surface area contributed by atoms with Gasteiger partial charge >= 0.3 is 0 Å². The second-order valence-electron chi connectivity index (χ2n) is 6.98. The molecule has 0 fully saturated rings. The Morgan fingerprint density at radius 2 is 1.80 bits per heavy atom. The Balaban J connectivity index is 2.04. The number of rotatable bonds is 4. The molecular formula is C19H24N4OS. The molecule has 1 heterocycles. The number of hydrogen-bond acceptors (Lipinski definition) is 3. The highest BCUT2D eigenvalue weighted by atomic mass is 32.1. The monoisotopic (exact) mass is 356 g/mol. The highest BCUT2D eigenvalue weighted by Crippen LogP contribution is 2.18. The number of anilines is 1. The number of nitrogens with zero attached hydrogens (tertiary/aromatic N) is 1. The third-order valence-corrected chi connectivity index (χ3v) is 3.87. The molecule has 0 aliphatic carbocycles. The van der Waals surface area contributed by atoms with Gasteiger partial charge in [0, 0.05) is 17.2 Å². The Bertz CT molecular complexity index is 723. The molecule has 0 spiro atoms. The first-order chi connectivity index (χ1) is 11.8. The van der Waals surface area contributed by atoms with Gasteiger partial charge in [-0.15, -0.1) is 0 Å². The minimum atomic E-state index is -0.335. The molecule has 0 radical (unpaired) electrons. The SMILES string of the molecule is Cc1ccc(C(=O)N[C@H](NC(=S)Nc2cccnc2)C(C)(C)C)cc1. The minimum absolute atomic E-state index is 0.142. The van der Waals surface area contributed by atoms with Crippen LogP contribution in [0.5, 0.6) is 0 Å². The normalized spacial score (nSPS) is 12.2. The van der Waals surface area contributed by atoms with Gasteiger partial charge in [0.25, 0.3) is 5.91 Å². The fourth-order valence-corrected chi connectivity index (χ4v) is 2.36. The van der Waals surface area contributed by atoms with Crippen molar-refractivity contribution in [2.75, 3.05) is 5.32 Å². The van der Waals surface area contributed by atoms with Crippen LogP contribution in [0.4, 0.5) is 5.69 Å². The third kappa shape index (κ3) is 5.83. The Morgan fingerprint density at radius 1 is 1.12 bits per heavy atom. The average molecular weight is 356 g/mol. The summed E-state index contributed by atoms with van der Waals surface area (Å²) in [5.74, 6) is -0.142. The van der Waals surface area contributed by atoms with E-state index in [1.54, 1.807) is 12.4 Å². The molecule has 1 atom stereocenters. The molecule has 0 saturated carbocycles. The first kappa shape index (κ1) is 18.9. The zero-order chi connectivity index (χ0) is 18.4. The highest BCUT2D eigenvalue weighted by Gasteiger charge is 2.27. The van der Waals surface area contributed by atoms with E-state index in [1.807, 2.05) is 64.1 Å². The van der Waals surface area contributed by atoms with E-state index in [-0.39, 0.29) is 17.5 Å². The molecule has 1 aromatic heterocycles. The molecule has 6 heteroatoms. The Hall–Kier alpha value is -2.47. The van der Waals surface area contributed by atoms with Crippen molar-refractivity contribution in [2.45, 2.75) is 33.9 Å². The van der Waals surface area contributed by atoms with E-state index >= 15 is 0 Å². The van der Waals surface area contributed by atoms with Crippen molar-refractivity contribution in [1.82, 2.24) is 15.6 Å². The fourth-order valence-electron chi connectivity index (χ4n) is 2.12. The van der Waals surface area contributed by atoms with Gasteiger partial charge in [-0.25, -0.2) is 0 Å². The van der Waals surface area contributed by atoms with E-state index in [1.165, 1.54) is 0 Å². The average Bonchev–Trinajstić information content (AvgIpc) is 2.54. The fraction of sp³-hybridized carbons (Fsp3) is 0.316. The molecule has 1 amide bonds. The maximum Gasteiger partial charge on any atom is 0.252 e. The van der Waals surface area contributed by atoms with Crippen molar-refractivity contribution in [3.63, 3.8) is 0 Å². The molecule has 0 saturated heterocycles. The summed E-state index contributed by atoms with van der Waals surface area (Å²) in [6.07, 6.45) is 3.05. The zero-order valence-electron chi connectivity index (χ0n) is 15.0. The molecule has 0 aliphatic heterocycles. The second-order valence-corrected chi connectivity index (χ2v) is 7.39. The van der Waals surface area contributed by atoms with E-state index in [0.29, 0.717) is 10.7 Å². The topological polar surface area (TPSA) is 66.1 Å². The summed E-state index contributed by atoms with van der Waals surface area (Å²) < 4.78 is 0. The molecule has 1 aromatic carbocycles. The first-order valence-electron chi connectivity index (χ1n) is 8.11. The van der Waals surface area contributed by atoms with Crippen LogP contribution in [0.2, 0.25) is 0 Å². The van der Waals surface area contributed by atoms with Gasteiger partial charge in [0.15, 0.2) is 5.11 Å². The van der Waals surface area contributed by atoms with Gasteiger partial charge < -0.3 is 16.0 Å². The van der Waals surface area contributed by atoms with Gasteiger partial charge in [-0.3, -0.25) is 9.78 Å². The molecule has 0 bridgehead atoms. The number of carbonyl (C=O) groups excluding carboxylic acids is 1. The number of amides is 1. The van der Waals surface area contributed by atoms with E-state index in [2.05, 4.69) is 20.9 Å². The lowest BCUT2D eigenvalue weighted by molar-refractivity contribution is 0.0895. The number of carbonyl (C=O) groups is 1. The Morgan fingerprint density at radius 3 is 2.36 bits per heavy atom. The summed E-state index contributed by atoms with van der Waals surface area (Å²) in [6.45, 7) is 8.09. The zero-order valence-corrected chi connectivity index (χ0v) is 15.8. The number of hydrogen-bond donors (Lipinski definition) is 3. The number of aromatic nitrogens is 1. The lowest BCUT2D eigenvalue weighted by Crippen LogP contribution is -2.55. The lowest BCUT2D eigenvalue weighted by Gasteiger charge is -2.33. The quantitative estimate of drug-likeness (QED) is 0.578. The summed E-state index contributed by atoms with van der Waals surface area (Å²) in [4.78, 5) is 16.6. The molecule has 0 aliphatic rings. The summed E-state index contributed by atoms with van der Waals surface area (Å²) in [6, 6.07) is 11.2. The number of aryl methyl sites for hydroxylation is 1. The number of thiocarbonyl (C=S) groups is 1. The maximum atomic E-state index is 12.5. The van der Waals surface area contributed by atoms with Gasteiger partial charge in [0.1, 0.15) is 6.17 Å². The summed E-state index contributed by atoms with van der Waals surface area (Å²) in [5, 5.41) is 9.69. The molecule has 3 N–H and O–H groups in total. The maximum absolute atomic E-state index is 12.5. The van der Waals surface area contributed by atoms with Crippen LogP contribution >= 0.6 is 12.2 Å². The van der Waals surface area contributed by atoms with Gasteiger partial charge in [-0.1, -0.05) is 38.5 Å². The van der Waals surface area contributed by atoms with Crippen molar-refractivity contribution < 1.29 is 4.79 Å². The van der Waals surface area contributed by atoms with Crippen molar-refractivity contribution >= 4 is 28.9 Å². The lowest BCUT2D eigenvalue weighted by atomic mass is 9.92. The van der Waals surface area contributed by atoms with Crippen LogP contribution in [0.25, 0.3) is 0 Å². The van der Waals surface area contributed by atoms with Crippen LogP contribution in [-0.4, -0.2) is 22.2 Å². The summed E-state index contributed by atoms with van der Waals surface area (Å²) >= 11 is 5.37. The van der Waals surface area contributed by atoms with E-state index < -0.39 is 0 Å². The number of nitrogens with one attached hydrogen (secondary N) is 3. The molecule has 25 heavy (non-hydrogen) atoms. The van der Waals surface area contributed by atoms with Crippen LogP contribution in [0.15, 0.2) is 48.8 Å². The van der Waals surface area contributed by atoms with E-state index in [4.69, 9.17) is 12.2 Å². The Labute approximate surface area is 154 Å². The number of pyridine rings is 1. The molecule has 2 rings (SSSR count). The predicted octanol–water partition coefficient (Wildman–Crippen LogP) is 3.48. The molecule has 5 nitrogen and oxygen atoms in total. The number of benzene rings is 1. The van der Waals surface area contributed by atoms with Crippen LogP contribution < -0.4 is 16.0 Å². The van der Waals surface area contributed by atoms with E-state index in [9.17, 15) is 4.79 Å². The van der Waals surface area contributed by atoms with Gasteiger partial charge in [0.05, 0.1) is 11.9 Å². The van der Waals surface area contributed by atoms with Crippen molar-refractivity contribution in [1.29, 1.82) is 0 Å². The summed E-state index contributed by atoms with van der Waals surface area (Å²) in [7, 11) is 0. The van der Waals surface area contributed by atoms with Crippen LogP contribution in [-0.2, 0) is 0 Å². The van der Waals surface area contributed by atoms with Crippen LogP contribution in [0.1, 0.15) is 36.7 Å². The van der Waals surface area contributed by atoms with Crippen molar-refractivity contribution in [2.24, 2.45) is 5.41 Å². The molecule has 2 aromatic rings. The van der Waals surface area contributed by atoms with Crippen LogP contribution in [0.3, 0.4) is 0 Å². The van der Waals surface area contributed by atoms with Crippen LogP contribution in [0, 0.1) is 12.3 Å². The third-order valence-electron chi connectivity index (χ3n) is 3.65. The Kier molecular flexibility index (Phi) is 6.09. The molecular weight excluding hydrogens is 332 g/mol. The standard InChI is InChI=1S/C19H24N4OS/c1-13-7-9-14(10-8-13)16(24)22-17(19(2,3)4)23-18(25)21-15-6-5-11-20-12-15/h5-12,17H,1-4H3,(H,22,24)(H2,21,23,25)/t17-/m1/s1. The smallest absolute Gasteiger partial charge is 0.252 e. The molecule has 0 unspecified atom stereocenters. The first-order valence-corrected chi connectivity index (χ1v) is 8.51. The van der Waals surface area contributed by atoms with Gasteiger partial charge in [-0.05, 0) is 43.4 Å². The van der Waals surface area contributed by atoms with Gasteiger partial charge in [0.2, 0.25) is 0 Å². The minimum Gasteiger partial charge on any atom is -0.342 e. The van der Waals surface area contributed by atoms with E-state index in [0.717, 1.165) is 11.3 Å². The summed E-state index contributed by atoms with van der Waals surface area (Å²) in [5.41, 5.74) is 2.29. The van der Waals surface area contributed by atoms with Crippen molar-refractivity contribution in [3.05, 3.63) is 59.9 Å². The predicted molar refractivity (Wildman–Crippen MR) is 105 cm³/mol. The largest absolute Gasteiger partial charge is 0.342 e. The molecule has 132 valence electrons. The second kappa shape index (κ2) is 8.07.